The number of likely N-dealkylation sites (N-methyl/N-ethyl adjacent to an activating group) is 1. The Hall–Kier alpha value is -0.570. The van der Waals surface area contributed by atoms with E-state index in [0.717, 1.165) is 24.1 Å². The minimum Gasteiger partial charge on any atom is -0.383 e. The first-order valence-corrected chi connectivity index (χ1v) is 7.31. The summed E-state index contributed by atoms with van der Waals surface area (Å²) in [5, 5.41) is 7.28. The minimum atomic E-state index is 0. The van der Waals surface area contributed by atoms with Crippen molar-refractivity contribution in [2.45, 2.75) is 6.04 Å². The summed E-state index contributed by atoms with van der Waals surface area (Å²) in [6, 6.07) is 8.17. The van der Waals surface area contributed by atoms with Gasteiger partial charge in [0.25, 0.3) is 0 Å². The Kier molecular flexibility index (Phi) is 11.6. The van der Waals surface area contributed by atoms with Gasteiger partial charge in [0.2, 0.25) is 0 Å². The number of hydrogen-bond acceptors (Lipinski definition) is 3. The number of halogens is 2. The predicted molar refractivity (Wildman–Crippen MR) is 105 cm³/mol. The van der Waals surface area contributed by atoms with Gasteiger partial charge in [0, 0.05) is 32.3 Å². The Labute approximate surface area is 155 Å². The molecule has 0 bridgehead atoms. The van der Waals surface area contributed by atoms with E-state index in [-0.39, 0.29) is 30.0 Å². The molecule has 0 heterocycles. The van der Waals surface area contributed by atoms with Crippen LogP contribution in [0, 0.1) is 0 Å². The van der Waals surface area contributed by atoms with Crippen molar-refractivity contribution in [3.63, 3.8) is 0 Å². The lowest BCUT2D eigenvalue weighted by atomic mass is 10.1. The first kappa shape index (κ1) is 21.4. The molecule has 0 aliphatic heterocycles. The number of nitrogens with one attached hydrogen (secondary N) is 2. The van der Waals surface area contributed by atoms with Crippen molar-refractivity contribution in [3.8, 4) is 0 Å². The van der Waals surface area contributed by atoms with Gasteiger partial charge < -0.3 is 20.3 Å². The molecule has 0 aromatic heterocycles. The van der Waals surface area contributed by atoms with Crippen LogP contribution in [0.5, 0.6) is 0 Å². The second kappa shape index (κ2) is 11.9. The summed E-state index contributed by atoms with van der Waals surface area (Å²) in [5.41, 5.74) is 1.21. The Morgan fingerprint density at radius 3 is 2.41 bits per heavy atom. The van der Waals surface area contributed by atoms with Crippen molar-refractivity contribution in [1.29, 1.82) is 0 Å². The van der Waals surface area contributed by atoms with Crippen molar-refractivity contribution in [2.24, 2.45) is 4.99 Å². The van der Waals surface area contributed by atoms with Crippen LogP contribution in [0.1, 0.15) is 11.6 Å². The molecule has 0 aliphatic carbocycles. The van der Waals surface area contributed by atoms with E-state index < -0.39 is 0 Å². The fourth-order valence-electron chi connectivity index (χ4n) is 1.97. The molecular formula is C15H26ClIN4O. The number of methoxy groups -OCH3 is 1. The van der Waals surface area contributed by atoms with E-state index in [9.17, 15) is 0 Å². The van der Waals surface area contributed by atoms with Gasteiger partial charge in [0.15, 0.2) is 5.96 Å². The maximum atomic E-state index is 5.95. The summed E-state index contributed by atoms with van der Waals surface area (Å²) in [4.78, 5) is 6.36. The van der Waals surface area contributed by atoms with E-state index in [1.165, 1.54) is 5.56 Å². The second-order valence-corrected chi connectivity index (χ2v) is 5.34. The van der Waals surface area contributed by atoms with Crippen LogP contribution >= 0.6 is 35.6 Å². The third kappa shape index (κ3) is 7.62. The summed E-state index contributed by atoms with van der Waals surface area (Å²) in [7, 11) is 7.56. The quantitative estimate of drug-likeness (QED) is 0.296. The highest BCUT2D eigenvalue weighted by Gasteiger charge is 2.14. The number of hydrogen-bond donors (Lipinski definition) is 2. The highest BCUT2D eigenvalue weighted by atomic mass is 127. The lowest BCUT2D eigenvalue weighted by Crippen LogP contribution is -2.42. The number of aliphatic imine (C=N–C) groups is 1. The Morgan fingerprint density at radius 1 is 1.27 bits per heavy atom. The van der Waals surface area contributed by atoms with Crippen molar-refractivity contribution in [1.82, 2.24) is 15.5 Å². The molecule has 126 valence electrons. The number of rotatable bonds is 7. The van der Waals surface area contributed by atoms with E-state index in [1.807, 2.05) is 12.1 Å². The van der Waals surface area contributed by atoms with Gasteiger partial charge in [0.05, 0.1) is 12.6 Å². The van der Waals surface area contributed by atoms with Crippen LogP contribution in [0.3, 0.4) is 0 Å². The van der Waals surface area contributed by atoms with Crippen LogP contribution in [0.2, 0.25) is 5.02 Å². The summed E-state index contributed by atoms with van der Waals surface area (Å²) in [6.07, 6.45) is 0. The van der Waals surface area contributed by atoms with Crippen LogP contribution < -0.4 is 10.6 Å². The predicted octanol–water partition coefficient (Wildman–Crippen LogP) is 2.37. The lowest BCUT2D eigenvalue weighted by molar-refractivity contribution is 0.203. The van der Waals surface area contributed by atoms with Crippen molar-refractivity contribution >= 4 is 41.5 Å². The lowest BCUT2D eigenvalue weighted by Gasteiger charge is -2.26. The molecule has 2 N–H and O–H groups in total. The number of nitrogens with zero attached hydrogens (tertiary/aromatic N) is 2. The molecule has 22 heavy (non-hydrogen) atoms. The molecule has 0 amide bonds. The Bertz CT molecular complexity index is 440. The smallest absolute Gasteiger partial charge is 0.191 e. The Balaban J connectivity index is 0.00000441. The van der Waals surface area contributed by atoms with E-state index in [2.05, 4.69) is 46.8 Å². The molecule has 0 saturated carbocycles. The summed E-state index contributed by atoms with van der Waals surface area (Å²) >= 11 is 5.95. The third-order valence-electron chi connectivity index (χ3n) is 3.16. The summed E-state index contributed by atoms with van der Waals surface area (Å²) in [5.74, 6) is 0.771. The molecule has 0 fully saturated rings. The maximum absolute atomic E-state index is 5.95. The van der Waals surface area contributed by atoms with Crippen LogP contribution in [-0.4, -0.2) is 58.8 Å². The van der Waals surface area contributed by atoms with Gasteiger partial charge in [-0.1, -0.05) is 23.7 Å². The topological polar surface area (TPSA) is 48.9 Å². The molecule has 1 aromatic carbocycles. The van der Waals surface area contributed by atoms with Gasteiger partial charge in [-0.2, -0.15) is 0 Å². The zero-order valence-electron chi connectivity index (χ0n) is 13.6. The average molecular weight is 441 g/mol. The van der Waals surface area contributed by atoms with Crippen LogP contribution in [0.4, 0.5) is 0 Å². The van der Waals surface area contributed by atoms with Crippen LogP contribution in [0.15, 0.2) is 29.3 Å². The van der Waals surface area contributed by atoms with Gasteiger partial charge in [-0.15, -0.1) is 24.0 Å². The van der Waals surface area contributed by atoms with Crippen molar-refractivity contribution < 1.29 is 4.74 Å². The summed E-state index contributed by atoms with van der Waals surface area (Å²) in [6.45, 7) is 2.13. The standard InChI is InChI=1S/C15H25ClN4O.HI/c1-17-15(18-9-10-21-4)19-11-14(20(2)3)12-5-7-13(16)8-6-12;/h5-8,14H,9-11H2,1-4H3,(H2,17,18,19);1H. The molecule has 7 heteroatoms. The molecule has 0 spiro atoms. The fraction of sp³-hybridized carbons (Fsp3) is 0.533. The summed E-state index contributed by atoms with van der Waals surface area (Å²) < 4.78 is 5.02. The molecule has 1 rings (SSSR count). The first-order chi connectivity index (χ1) is 10.1. The molecule has 1 unspecified atom stereocenters. The SMILES string of the molecule is CN=C(NCCOC)NCC(c1ccc(Cl)cc1)N(C)C.I. The van der Waals surface area contributed by atoms with Gasteiger partial charge in [-0.25, -0.2) is 0 Å². The molecule has 1 atom stereocenters. The number of benzene rings is 1. The molecule has 0 aliphatic rings. The maximum Gasteiger partial charge on any atom is 0.191 e. The highest BCUT2D eigenvalue weighted by Crippen LogP contribution is 2.19. The molecular weight excluding hydrogens is 415 g/mol. The second-order valence-electron chi connectivity index (χ2n) is 4.90. The van der Waals surface area contributed by atoms with Crippen molar-refractivity contribution in [2.75, 3.05) is 47.9 Å². The minimum absolute atomic E-state index is 0. The van der Waals surface area contributed by atoms with E-state index in [1.54, 1.807) is 14.2 Å². The zero-order valence-corrected chi connectivity index (χ0v) is 16.7. The van der Waals surface area contributed by atoms with E-state index in [0.29, 0.717) is 6.61 Å². The molecule has 0 radical (unpaired) electrons. The first-order valence-electron chi connectivity index (χ1n) is 6.93. The van der Waals surface area contributed by atoms with Gasteiger partial charge in [-0.05, 0) is 31.8 Å². The van der Waals surface area contributed by atoms with Gasteiger partial charge >= 0.3 is 0 Å². The van der Waals surface area contributed by atoms with Gasteiger partial charge in [-0.3, -0.25) is 4.99 Å². The number of guanidine groups is 1. The average Bonchev–Trinajstić information content (AvgIpc) is 2.47. The molecule has 0 saturated heterocycles. The fourth-order valence-corrected chi connectivity index (χ4v) is 2.09. The van der Waals surface area contributed by atoms with E-state index >= 15 is 0 Å². The zero-order chi connectivity index (χ0) is 15.7. The van der Waals surface area contributed by atoms with Crippen LogP contribution in [-0.2, 0) is 4.74 Å². The van der Waals surface area contributed by atoms with Crippen LogP contribution in [0.25, 0.3) is 0 Å². The molecule has 5 nitrogen and oxygen atoms in total. The molecule has 1 aromatic rings. The van der Waals surface area contributed by atoms with Crippen molar-refractivity contribution in [3.05, 3.63) is 34.9 Å². The largest absolute Gasteiger partial charge is 0.383 e. The third-order valence-corrected chi connectivity index (χ3v) is 3.42. The Morgan fingerprint density at radius 2 is 1.91 bits per heavy atom. The van der Waals surface area contributed by atoms with Gasteiger partial charge in [0.1, 0.15) is 0 Å². The van der Waals surface area contributed by atoms with E-state index in [4.69, 9.17) is 16.3 Å². The monoisotopic (exact) mass is 440 g/mol. The normalized spacial score (nSPS) is 12.7. The number of ether oxygens (including phenoxy) is 1. The highest BCUT2D eigenvalue weighted by molar-refractivity contribution is 14.0.